The van der Waals surface area contributed by atoms with Gasteiger partial charge in [0.1, 0.15) is 0 Å². The number of carbonyl (C=O) groups excluding carboxylic acids is 2. The van der Waals surface area contributed by atoms with E-state index in [9.17, 15) is 9.59 Å². The maximum Gasteiger partial charge on any atom is 0.263 e. The fourth-order valence-electron chi connectivity index (χ4n) is 3.52. The van der Waals surface area contributed by atoms with Crippen LogP contribution in [-0.2, 0) is 11.2 Å². The van der Waals surface area contributed by atoms with Crippen molar-refractivity contribution >= 4 is 23.2 Å². The summed E-state index contributed by atoms with van der Waals surface area (Å²) in [5.41, 5.74) is 0. The summed E-state index contributed by atoms with van der Waals surface area (Å²) in [6.45, 7) is 9.42. The van der Waals surface area contributed by atoms with Crippen molar-refractivity contribution in [2.45, 2.75) is 58.9 Å². The van der Waals surface area contributed by atoms with Crippen molar-refractivity contribution in [2.75, 3.05) is 19.6 Å². The Bertz CT molecular complexity index is 829. The summed E-state index contributed by atoms with van der Waals surface area (Å²) in [6, 6.07) is 3.88. The highest BCUT2D eigenvalue weighted by Gasteiger charge is 2.30. The minimum atomic E-state index is 0.0128. The summed E-state index contributed by atoms with van der Waals surface area (Å²) in [4.78, 5) is 35.1. The van der Waals surface area contributed by atoms with Crippen LogP contribution >= 0.6 is 11.3 Å². The van der Waals surface area contributed by atoms with Gasteiger partial charge in [0, 0.05) is 49.8 Å². The molecule has 0 aliphatic carbocycles. The molecule has 8 heteroatoms. The van der Waals surface area contributed by atoms with E-state index in [0.29, 0.717) is 31.2 Å². The van der Waals surface area contributed by atoms with Crippen molar-refractivity contribution < 1.29 is 14.1 Å². The number of thiophene rings is 1. The summed E-state index contributed by atoms with van der Waals surface area (Å²) in [7, 11) is 0. The molecule has 1 aliphatic rings. The van der Waals surface area contributed by atoms with Crippen molar-refractivity contribution in [1.29, 1.82) is 0 Å². The molecule has 1 unspecified atom stereocenters. The third kappa shape index (κ3) is 4.79. The van der Waals surface area contributed by atoms with Crippen LogP contribution in [0.1, 0.15) is 65.8 Å². The fourth-order valence-corrected chi connectivity index (χ4v) is 4.36. The van der Waals surface area contributed by atoms with Crippen molar-refractivity contribution in [1.82, 2.24) is 19.9 Å². The Morgan fingerprint density at radius 2 is 2.18 bits per heavy atom. The van der Waals surface area contributed by atoms with Gasteiger partial charge in [0.2, 0.25) is 11.8 Å². The Morgan fingerprint density at radius 1 is 1.39 bits per heavy atom. The van der Waals surface area contributed by atoms with Crippen LogP contribution in [0.2, 0.25) is 0 Å². The Morgan fingerprint density at radius 3 is 2.79 bits per heavy atom. The van der Waals surface area contributed by atoms with Crippen LogP contribution < -0.4 is 0 Å². The zero-order valence-corrected chi connectivity index (χ0v) is 17.8. The second kappa shape index (κ2) is 8.86. The maximum atomic E-state index is 12.8. The third-order valence-electron chi connectivity index (χ3n) is 5.03. The van der Waals surface area contributed by atoms with Crippen LogP contribution in [0, 0.1) is 6.92 Å². The molecule has 0 spiro atoms. The molecule has 2 aromatic rings. The normalized spacial score (nSPS) is 17.2. The molecular formula is C20H28N4O3S. The van der Waals surface area contributed by atoms with Crippen LogP contribution in [0.3, 0.4) is 0 Å². The molecule has 0 aromatic carbocycles. The number of amides is 2. The highest BCUT2D eigenvalue weighted by molar-refractivity contribution is 7.13. The SMILES string of the molecule is CC(=O)N(CCc1noc(C(C)C)n1)C1CCCN(C(=O)c2ccc(C)s2)C1. The standard InChI is InChI=1S/C20H28N4O3S/c1-13(2)19-21-18(22-27-19)9-11-24(15(4)25)16-6-5-10-23(12-16)20(26)17-8-7-14(3)28-17/h7-8,13,16H,5-6,9-12H2,1-4H3. The zero-order chi connectivity index (χ0) is 20.3. The fraction of sp³-hybridized carbons (Fsp3) is 0.600. The lowest BCUT2D eigenvalue weighted by Crippen LogP contribution is -2.51. The first kappa shape index (κ1) is 20.5. The number of hydrogen-bond donors (Lipinski definition) is 0. The van der Waals surface area contributed by atoms with Crippen LogP contribution in [0.15, 0.2) is 16.7 Å². The van der Waals surface area contributed by atoms with Gasteiger partial charge in [0.05, 0.1) is 4.88 Å². The Hall–Kier alpha value is -2.22. The molecule has 1 saturated heterocycles. The molecule has 0 radical (unpaired) electrons. The van der Waals surface area contributed by atoms with Gasteiger partial charge in [0.25, 0.3) is 5.91 Å². The van der Waals surface area contributed by atoms with Gasteiger partial charge >= 0.3 is 0 Å². The molecule has 1 atom stereocenters. The van der Waals surface area contributed by atoms with Crippen LogP contribution in [-0.4, -0.2) is 57.4 Å². The van der Waals surface area contributed by atoms with Crippen LogP contribution in [0.4, 0.5) is 0 Å². The molecule has 3 heterocycles. The van der Waals surface area contributed by atoms with Crippen LogP contribution in [0.25, 0.3) is 0 Å². The summed E-state index contributed by atoms with van der Waals surface area (Å²) in [5, 5.41) is 4.01. The first-order chi connectivity index (χ1) is 13.3. The number of aryl methyl sites for hydroxylation is 1. The minimum absolute atomic E-state index is 0.0128. The van der Waals surface area contributed by atoms with Crippen molar-refractivity contribution in [3.63, 3.8) is 0 Å². The molecule has 2 aromatic heterocycles. The van der Waals surface area contributed by atoms with Gasteiger partial charge in [0.15, 0.2) is 5.82 Å². The summed E-state index contributed by atoms with van der Waals surface area (Å²) in [6.07, 6.45) is 2.34. The van der Waals surface area contributed by atoms with E-state index in [1.807, 2.05) is 42.7 Å². The maximum absolute atomic E-state index is 12.8. The quantitative estimate of drug-likeness (QED) is 0.738. The van der Waals surface area contributed by atoms with E-state index in [-0.39, 0.29) is 23.8 Å². The average Bonchev–Trinajstić information content (AvgIpc) is 3.30. The minimum Gasteiger partial charge on any atom is -0.339 e. The third-order valence-corrected chi connectivity index (χ3v) is 6.02. The molecule has 1 fully saturated rings. The second-order valence-corrected chi connectivity index (χ2v) is 8.91. The van der Waals surface area contributed by atoms with Gasteiger partial charge < -0.3 is 14.3 Å². The van der Waals surface area contributed by atoms with E-state index in [1.54, 1.807) is 6.92 Å². The van der Waals surface area contributed by atoms with Crippen molar-refractivity contribution in [2.24, 2.45) is 0 Å². The number of piperidine rings is 1. The first-order valence-electron chi connectivity index (χ1n) is 9.80. The highest BCUT2D eigenvalue weighted by atomic mass is 32.1. The van der Waals surface area contributed by atoms with Gasteiger partial charge in [-0.25, -0.2) is 0 Å². The van der Waals surface area contributed by atoms with Gasteiger partial charge in [-0.2, -0.15) is 4.98 Å². The monoisotopic (exact) mass is 404 g/mol. The van der Waals surface area contributed by atoms with Gasteiger partial charge in [-0.05, 0) is 31.9 Å². The highest BCUT2D eigenvalue weighted by Crippen LogP contribution is 2.22. The summed E-state index contributed by atoms with van der Waals surface area (Å²) >= 11 is 1.52. The van der Waals surface area contributed by atoms with Gasteiger partial charge in [-0.15, -0.1) is 11.3 Å². The first-order valence-corrected chi connectivity index (χ1v) is 10.6. The molecule has 0 bridgehead atoms. The number of likely N-dealkylation sites (tertiary alicyclic amines) is 1. The molecule has 2 amide bonds. The van der Waals surface area contributed by atoms with Crippen molar-refractivity contribution in [3.8, 4) is 0 Å². The van der Waals surface area contributed by atoms with Gasteiger partial charge in [-0.3, -0.25) is 9.59 Å². The number of rotatable bonds is 6. The van der Waals surface area contributed by atoms with E-state index in [1.165, 1.54) is 11.3 Å². The number of nitrogens with zero attached hydrogens (tertiary/aromatic N) is 4. The molecule has 152 valence electrons. The van der Waals surface area contributed by atoms with E-state index in [0.717, 1.165) is 29.1 Å². The van der Waals surface area contributed by atoms with E-state index < -0.39 is 0 Å². The van der Waals surface area contributed by atoms with E-state index >= 15 is 0 Å². The largest absolute Gasteiger partial charge is 0.339 e. The van der Waals surface area contributed by atoms with Gasteiger partial charge in [-0.1, -0.05) is 19.0 Å². The van der Waals surface area contributed by atoms with Crippen LogP contribution in [0.5, 0.6) is 0 Å². The molecular weight excluding hydrogens is 376 g/mol. The molecule has 7 nitrogen and oxygen atoms in total. The zero-order valence-electron chi connectivity index (χ0n) is 17.0. The van der Waals surface area contributed by atoms with E-state index in [2.05, 4.69) is 10.1 Å². The lowest BCUT2D eigenvalue weighted by molar-refractivity contribution is -0.132. The predicted molar refractivity (Wildman–Crippen MR) is 107 cm³/mol. The number of carbonyl (C=O) groups is 2. The summed E-state index contributed by atoms with van der Waals surface area (Å²) < 4.78 is 5.25. The molecule has 3 rings (SSSR count). The number of hydrogen-bond acceptors (Lipinski definition) is 6. The van der Waals surface area contributed by atoms with E-state index in [4.69, 9.17) is 4.52 Å². The predicted octanol–water partition coefficient (Wildman–Crippen LogP) is 3.26. The lowest BCUT2D eigenvalue weighted by Gasteiger charge is -2.38. The Labute approximate surface area is 169 Å². The second-order valence-electron chi connectivity index (χ2n) is 7.62. The molecule has 0 saturated carbocycles. The molecule has 28 heavy (non-hydrogen) atoms. The average molecular weight is 405 g/mol. The number of aromatic nitrogens is 2. The Balaban J connectivity index is 1.64. The molecule has 0 N–H and O–H groups in total. The Kier molecular flexibility index (Phi) is 6.49. The smallest absolute Gasteiger partial charge is 0.263 e. The summed E-state index contributed by atoms with van der Waals surface area (Å²) in [5.74, 6) is 1.49. The lowest BCUT2D eigenvalue weighted by atomic mass is 10.0. The topological polar surface area (TPSA) is 79.5 Å². The van der Waals surface area contributed by atoms with Crippen molar-refractivity contribution in [3.05, 3.63) is 33.6 Å². The molecule has 1 aliphatic heterocycles.